The largest absolute Gasteiger partial charge is 0.380 e. The summed E-state index contributed by atoms with van der Waals surface area (Å²) in [6, 6.07) is 9.91. The van der Waals surface area contributed by atoms with Gasteiger partial charge in [0.2, 0.25) is 4.80 Å². The molecule has 3 aromatic rings. The fraction of sp³-hybridized carbons (Fsp3) is 0.235. The number of hydrogen-bond acceptors (Lipinski definition) is 4. The zero-order valence-electron chi connectivity index (χ0n) is 13.9. The maximum atomic E-state index is 13.1. The summed E-state index contributed by atoms with van der Waals surface area (Å²) in [6.07, 6.45) is 0. The van der Waals surface area contributed by atoms with Gasteiger partial charge in [0.15, 0.2) is 0 Å². The molecule has 1 aromatic heterocycles. The number of halogens is 2. The van der Waals surface area contributed by atoms with Crippen molar-refractivity contribution in [2.75, 3.05) is 13.2 Å². The highest BCUT2D eigenvalue weighted by molar-refractivity contribution is 7.90. The zero-order chi connectivity index (χ0) is 18.7. The molecule has 0 unspecified atom stereocenters. The van der Waals surface area contributed by atoms with Crippen LogP contribution in [0.3, 0.4) is 0 Å². The van der Waals surface area contributed by atoms with Crippen molar-refractivity contribution in [2.24, 2.45) is 4.40 Å². The molecule has 3 rings (SSSR count). The summed E-state index contributed by atoms with van der Waals surface area (Å²) in [5.41, 5.74) is 0.826. The average molecular weight is 415 g/mol. The summed E-state index contributed by atoms with van der Waals surface area (Å²) in [7, 11) is -3.97. The third kappa shape index (κ3) is 4.15. The van der Waals surface area contributed by atoms with Crippen LogP contribution in [0.1, 0.15) is 6.92 Å². The van der Waals surface area contributed by atoms with Gasteiger partial charge in [-0.3, -0.25) is 0 Å². The van der Waals surface area contributed by atoms with Crippen molar-refractivity contribution in [1.82, 2.24) is 4.57 Å². The van der Waals surface area contributed by atoms with Gasteiger partial charge in [-0.1, -0.05) is 22.9 Å². The number of aromatic nitrogens is 1. The molecular formula is C17H16ClFN2O3S2. The van der Waals surface area contributed by atoms with Crippen LogP contribution in [0.4, 0.5) is 4.39 Å². The minimum Gasteiger partial charge on any atom is -0.380 e. The van der Waals surface area contributed by atoms with E-state index in [1.54, 1.807) is 16.7 Å². The van der Waals surface area contributed by atoms with E-state index in [4.69, 9.17) is 16.3 Å². The predicted molar refractivity (Wildman–Crippen MR) is 100 cm³/mol. The zero-order valence-corrected chi connectivity index (χ0v) is 16.2. The number of fused-ring (bicyclic) bond motifs is 1. The standard InChI is InChI=1S/C17H16ClFN2O3S2/c1-2-24-10-9-21-15-8-3-12(18)11-16(15)25-17(21)20-26(22,23)14-6-4-13(19)5-7-14/h3-8,11H,2,9-10H2,1H3. The Morgan fingerprint density at radius 1 is 1.23 bits per heavy atom. The van der Waals surface area contributed by atoms with Gasteiger partial charge in [0.1, 0.15) is 5.82 Å². The second kappa shape index (κ2) is 7.87. The minimum absolute atomic E-state index is 0.0641. The Hall–Kier alpha value is -1.74. The Balaban J connectivity index is 2.14. The average Bonchev–Trinajstić information content (AvgIpc) is 2.91. The van der Waals surface area contributed by atoms with E-state index in [1.165, 1.54) is 23.5 Å². The van der Waals surface area contributed by atoms with Crippen LogP contribution in [0.15, 0.2) is 51.8 Å². The number of hydrogen-bond donors (Lipinski definition) is 0. The van der Waals surface area contributed by atoms with Crippen molar-refractivity contribution < 1.29 is 17.5 Å². The lowest BCUT2D eigenvalue weighted by Gasteiger charge is -2.05. The van der Waals surface area contributed by atoms with Crippen LogP contribution in [-0.2, 0) is 21.3 Å². The first-order valence-corrected chi connectivity index (χ1v) is 10.5. The number of nitrogens with zero attached hydrogens (tertiary/aromatic N) is 2. The molecule has 0 spiro atoms. The molecule has 0 fully saturated rings. The summed E-state index contributed by atoms with van der Waals surface area (Å²) in [4.78, 5) is 0.247. The van der Waals surface area contributed by atoms with Gasteiger partial charge in [0, 0.05) is 18.2 Å². The second-order valence-electron chi connectivity index (χ2n) is 5.37. The lowest BCUT2D eigenvalue weighted by molar-refractivity contribution is 0.139. The molecule has 0 atom stereocenters. The van der Waals surface area contributed by atoms with Gasteiger partial charge in [0.05, 0.1) is 21.7 Å². The molecule has 5 nitrogen and oxygen atoms in total. The van der Waals surface area contributed by atoms with Gasteiger partial charge in [-0.05, 0) is 49.4 Å². The monoisotopic (exact) mass is 414 g/mol. The third-order valence-corrected chi connectivity index (χ3v) is 6.29. The van der Waals surface area contributed by atoms with E-state index in [0.717, 1.165) is 22.3 Å². The van der Waals surface area contributed by atoms with Crippen molar-refractivity contribution >= 4 is 43.2 Å². The topological polar surface area (TPSA) is 60.7 Å². The van der Waals surface area contributed by atoms with Gasteiger partial charge in [-0.2, -0.15) is 8.42 Å². The molecule has 0 radical (unpaired) electrons. The lowest BCUT2D eigenvalue weighted by atomic mass is 10.3. The lowest BCUT2D eigenvalue weighted by Crippen LogP contribution is -2.19. The molecule has 0 saturated carbocycles. The van der Waals surface area contributed by atoms with Gasteiger partial charge in [0.25, 0.3) is 10.0 Å². The molecule has 0 bridgehead atoms. The third-order valence-electron chi connectivity index (χ3n) is 3.62. The van der Waals surface area contributed by atoms with Crippen LogP contribution in [0, 0.1) is 5.82 Å². The Morgan fingerprint density at radius 3 is 2.65 bits per heavy atom. The Morgan fingerprint density at radius 2 is 1.96 bits per heavy atom. The molecule has 1 heterocycles. The molecule has 0 aliphatic rings. The van der Waals surface area contributed by atoms with Crippen molar-refractivity contribution in [3.63, 3.8) is 0 Å². The smallest absolute Gasteiger partial charge is 0.285 e. The minimum atomic E-state index is -3.97. The van der Waals surface area contributed by atoms with Gasteiger partial charge in [-0.25, -0.2) is 4.39 Å². The number of rotatable bonds is 6. The van der Waals surface area contributed by atoms with E-state index in [9.17, 15) is 12.8 Å². The number of sulfonamides is 1. The molecule has 2 aromatic carbocycles. The molecule has 0 aliphatic heterocycles. The second-order valence-corrected chi connectivity index (χ2v) is 8.42. The number of ether oxygens (including phenoxy) is 1. The highest BCUT2D eigenvalue weighted by Crippen LogP contribution is 2.22. The van der Waals surface area contributed by atoms with Crippen LogP contribution in [0.5, 0.6) is 0 Å². The molecule has 26 heavy (non-hydrogen) atoms. The Kier molecular flexibility index (Phi) is 5.76. The van der Waals surface area contributed by atoms with E-state index in [0.29, 0.717) is 29.6 Å². The molecule has 0 amide bonds. The molecule has 0 saturated heterocycles. The maximum Gasteiger partial charge on any atom is 0.285 e. The van der Waals surface area contributed by atoms with Gasteiger partial charge < -0.3 is 9.30 Å². The van der Waals surface area contributed by atoms with Crippen LogP contribution < -0.4 is 4.80 Å². The van der Waals surface area contributed by atoms with E-state index < -0.39 is 15.8 Å². The normalized spacial score (nSPS) is 12.8. The van der Waals surface area contributed by atoms with Crippen molar-refractivity contribution in [3.05, 3.63) is 58.1 Å². The predicted octanol–water partition coefficient (Wildman–Crippen LogP) is 3.82. The van der Waals surface area contributed by atoms with Crippen molar-refractivity contribution in [1.29, 1.82) is 0 Å². The fourth-order valence-electron chi connectivity index (χ4n) is 2.40. The maximum absolute atomic E-state index is 13.1. The summed E-state index contributed by atoms with van der Waals surface area (Å²) < 4.78 is 50.2. The highest BCUT2D eigenvalue weighted by Gasteiger charge is 2.15. The summed E-state index contributed by atoms with van der Waals surface area (Å²) in [5.74, 6) is -0.507. The van der Waals surface area contributed by atoms with Crippen LogP contribution >= 0.6 is 22.9 Å². The molecule has 0 aliphatic carbocycles. The number of thiazole rings is 1. The molecular weight excluding hydrogens is 399 g/mol. The summed E-state index contributed by atoms with van der Waals surface area (Å²) >= 11 is 7.26. The quantitative estimate of drug-likeness (QED) is 0.576. The van der Waals surface area contributed by atoms with Gasteiger partial charge >= 0.3 is 0 Å². The first-order valence-electron chi connectivity index (χ1n) is 7.84. The van der Waals surface area contributed by atoms with E-state index in [2.05, 4.69) is 4.40 Å². The van der Waals surface area contributed by atoms with Crippen molar-refractivity contribution in [3.8, 4) is 0 Å². The van der Waals surface area contributed by atoms with Crippen LogP contribution in [0.2, 0.25) is 5.02 Å². The highest BCUT2D eigenvalue weighted by atomic mass is 35.5. The van der Waals surface area contributed by atoms with Crippen LogP contribution in [0.25, 0.3) is 10.2 Å². The van der Waals surface area contributed by atoms with Gasteiger partial charge in [-0.15, -0.1) is 4.40 Å². The summed E-state index contributed by atoms with van der Waals surface area (Å²) in [5, 5.41) is 0.559. The summed E-state index contributed by atoms with van der Waals surface area (Å²) in [6.45, 7) is 3.33. The Labute approximate surface area is 159 Å². The molecule has 0 N–H and O–H groups in total. The first-order chi connectivity index (χ1) is 12.4. The first kappa shape index (κ1) is 19.0. The Bertz CT molecular complexity index is 1090. The van der Waals surface area contributed by atoms with Crippen LogP contribution in [-0.4, -0.2) is 26.2 Å². The molecule has 9 heteroatoms. The number of benzene rings is 2. The van der Waals surface area contributed by atoms with Crippen molar-refractivity contribution in [2.45, 2.75) is 18.4 Å². The van der Waals surface area contributed by atoms with E-state index in [1.807, 2.05) is 13.0 Å². The molecule has 138 valence electrons. The fourth-order valence-corrected chi connectivity index (χ4v) is 4.93. The van der Waals surface area contributed by atoms with E-state index >= 15 is 0 Å². The SMILES string of the molecule is CCOCCn1c(=NS(=O)(=O)c2ccc(F)cc2)sc2cc(Cl)ccc21. The van der Waals surface area contributed by atoms with E-state index in [-0.39, 0.29) is 4.90 Å².